The number of aliphatic hydroxyl groups excluding tert-OH is 1. The molecule has 6 heterocycles. The molecule has 29 nitrogen and oxygen atoms in total. The van der Waals surface area contributed by atoms with E-state index in [1.165, 1.54) is 65.7 Å². The topological polar surface area (TPSA) is 394 Å². The second kappa shape index (κ2) is 68.4. The summed E-state index contributed by atoms with van der Waals surface area (Å²) in [6.45, 7) is 35.4. The Labute approximate surface area is 1080 Å². The molecule has 782 valence electrons. The molecule has 47 heteroatoms. The maximum atomic E-state index is 11.0. The van der Waals surface area contributed by atoms with Crippen LogP contribution in [0.25, 0.3) is 10.2 Å². The van der Waals surface area contributed by atoms with Gasteiger partial charge in [-0.2, -0.15) is 5.26 Å². The van der Waals surface area contributed by atoms with Crippen molar-refractivity contribution in [3.05, 3.63) is 237 Å². The summed E-state index contributed by atoms with van der Waals surface area (Å²) in [5, 5.41) is 64.5. The van der Waals surface area contributed by atoms with Gasteiger partial charge >= 0.3 is 212 Å². The van der Waals surface area contributed by atoms with E-state index in [0.29, 0.717) is 40.1 Å². The van der Waals surface area contributed by atoms with Crippen LogP contribution in [0.1, 0.15) is 181 Å². The average molecular weight is 2720 g/mol. The van der Waals surface area contributed by atoms with Gasteiger partial charge in [-0.1, -0.05) is 149 Å². The molecular formula is C100H122B5Br6CsFK2N2O27PPdS. The Morgan fingerprint density at radius 1 is 0.517 bits per heavy atom. The average Bonchev–Trinajstić information content (AvgIpc) is 1.63. The SMILES string of the molecule is BrC(Br)(Br)Br.CC(=O)O.CC(=O)O.COc1cc(C(=O)O)ccc1B1OC(C)(C)C(C)(C)O1.COc1cc(C(=O)O)ccc1Br.COc1cc(CBr)ccc1B1OC(C)(C)C(C)(C)O1.COc1cc(CO)ccc1B1OC(C)(C)C(C)(C)O1.COc1cc(COc2ccc3nc(C#N)sc3c2)ccc1B1OC(C)(C)C(C)(C)O1.O=CO[O-].[B]C1CCCO1.[Cs+].[F-].[H-].[K+].[K+].[Pd].c1ccc(P(c2ccccc2)c2ccccc2)cc1. The second-order valence-corrected chi connectivity index (χ2v) is 51.2. The Hall–Kier alpha value is -2.38. The summed E-state index contributed by atoms with van der Waals surface area (Å²) in [6.07, 6.45) is 2.18. The van der Waals surface area contributed by atoms with Crippen LogP contribution in [-0.2, 0) is 100 Å². The molecule has 0 spiro atoms. The smallest absolute Gasteiger partial charge is 1.00 e. The van der Waals surface area contributed by atoms with Crippen molar-refractivity contribution in [1.82, 2.24) is 4.98 Å². The number of carboxylic acids is 4. The number of thiazole rings is 1. The summed E-state index contributed by atoms with van der Waals surface area (Å²) >= 11 is 20.5. The number of aromatic nitrogens is 1. The molecule has 0 bridgehead atoms. The number of hydrogen-bond acceptors (Lipinski definition) is 26. The summed E-state index contributed by atoms with van der Waals surface area (Å²) < 4.78 is 87.2. The number of aliphatic carboxylic acids is 2. The number of methoxy groups -OCH3 is 5. The van der Waals surface area contributed by atoms with E-state index in [1.807, 2.05) is 171 Å². The van der Waals surface area contributed by atoms with E-state index in [4.69, 9.17) is 129 Å². The van der Waals surface area contributed by atoms with Gasteiger partial charge in [0.25, 0.3) is 18.4 Å². The van der Waals surface area contributed by atoms with Gasteiger partial charge in [0.2, 0.25) is 0 Å². The molecule has 0 amide bonds. The van der Waals surface area contributed by atoms with E-state index in [2.05, 4.69) is 209 Å². The van der Waals surface area contributed by atoms with Crippen molar-refractivity contribution in [3.63, 3.8) is 0 Å². The molecule has 9 aromatic carbocycles. The van der Waals surface area contributed by atoms with E-state index in [-0.39, 0.29) is 259 Å². The number of alkyl halides is 5. The van der Waals surface area contributed by atoms with Crippen LogP contribution in [0, 0.1) is 11.3 Å². The standard InChI is InChI=1S/C22H23BN2O4S.C18H15P.C14H20BBrO3.C14H19BO5.C14H21BO4.C8H7BrO3.C4H7BO.2C2H4O2.CBr4.CH2O3.Cs.FH.2K.Pd.H/c1-21(2)22(3,4)29-23(28-21)16-8-6-14(10-18(16)26-5)13-27-15-7-9-17-19(11-15)30-20(12-24)25-17;1-4-10-16(11-5-1)19(17-12-6-2-7-13-17)18-14-8-3-9-15-18;1-13(2)14(3,4)19-15(18-13)11-7-6-10(9-16)8-12(11)17-5;1-13(2)14(3,4)20-15(19-13)10-7-6-9(12(16)17)8-11(10)18-5;1-13(2)14(3,4)19-15(18-13)11-7-6-10(9-16)8-12(11)17-5;1-12-7-4-5(8(10)11)2-3-6(7)9;5-4-2-1-3-6-4;2*1-2(3)4;2-1(3,4)5;2-1-4-3;;;;;;/h6-11H,13H2,1-5H3;1-15H;6-8H,9H2,1-5H3;6-8H,1-5H3,(H,16,17);6-8,16H,9H2,1-5H3;2-4H,1H3,(H,10,11);4H,1-3H2;2*1H3,(H,3,4);;1,3H;;1H;;;;/q;;;;;;;;;;;+1;;2*+1;;-1/p-2. The molecule has 2 radical (unpaired) electrons. The molecule has 5 aliphatic rings. The molecule has 15 rings (SSSR count). The number of benzene rings is 9. The molecule has 0 saturated carbocycles. The first-order valence-corrected chi connectivity index (χ1v) is 51.3. The number of fused-ring (bicyclic) bond motifs is 1. The minimum atomic E-state index is -0.997. The zero-order valence-electron chi connectivity index (χ0n) is 88.3. The molecule has 5 N–H and O–H groups in total. The van der Waals surface area contributed by atoms with Gasteiger partial charge < -0.3 is 112 Å². The van der Waals surface area contributed by atoms with Crippen molar-refractivity contribution >= 4 is 229 Å². The quantitative estimate of drug-likeness (QED) is 0.0147. The van der Waals surface area contributed by atoms with E-state index < -0.39 is 75.6 Å². The maximum absolute atomic E-state index is 11.0. The van der Waals surface area contributed by atoms with Gasteiger partial charge in [-0.25, -0.2) is 14.6 Å². The van der Waals surface area contributed by atoms with Gasteiger partial charge in [-0.05, 0) is 311 Å². The van der Waals surface area contributed by atoms with Crippen molar-refractivity contribution in [1.29, 1.82) is 5.26 Å². The summed E-state index contributed by atoms with van der Waals surface area (Å²) in [6, 6.07) is 66.9. The fraction of sp³-hybridized carbons (Fsp3) is 0.390. The fourth-order valence-electron chi connectivity index (χ4n) is 12.8. The summed E-state index contributed by atoms with van der Waals surface area (Å²) in [7, 11) is 10.9. The number of rotatable bonds is 20. The molecule has 1 aromatic heterocycles. The van der Waals surface area contributed by atoms with E-state index >= 15 is 0 Å². The molecule has 10 aromatic rings. The van der Waals surface area contributed by atoms with Crippen molar-refractivity contribution in [3.8, 4) is 40.6 Å². The van der Waals surface area contributed by atoms with Gasteiger partial charge in [0.15, 0.2) is 6.06 Å². The number of carboxylic acid groups (broad SMARTS) is 4. The van der Waals surface area contributed by atoms with Crippen molar-refractivity contribution in [2.24, 2.45) is 0 Å². The van der Waals surface area contributed by atoms with Crippen LogP contribution in [0.5, 0.6) is 34.5 Å². The van der Waals surface area contributed by atoms with E-state index in [9.17, 15) is 9.59 Å². The molecule has 1 atom stereocenters. The first-order chi connectivity index (χ1) is 66.4. The number of nitriles is 1. The van der Waals surface area contributed by atoms with Gasteiger partial charge in [0.05, 0.1) is 113 Å². The van der Waals surface area contributed by atoms with Crippen LogP contribution in [0.3, 0.4) is 0 Å². The Kier molecular flexibility index (Phi) is 67.3. The van der Waals surface area contributed by atoms with Crippen molar-refractivity contribution in [2.45, 2.75) is 208 Å². The predicted molar refractivity (Wildman–Crippen MR) is 580 cm³/mol. The van der Waals surface area contributed by atoms with Gasteiger partial charge in [-0.3, -0.25) is 14.4 Å². The first kappa shape index (κ1) is 145. The molecule has 1 unspecified atom stereocenters. The Morgan fingerprint density at radius 2 is 0.816 bits per heavy atom. The predicted octanol–water partition coefficient (Wildman–Crippen LogP) is 5.94. The summed E-state index contributed by atoms with van der Waals surface area (Å²) in [5.74, 6) is 0.249. The fourth-order valence-corrected chi connectivity index (χ4v) is 16.7. The Balaban J connectivity index is 0. The minimum Gasteiger partial charge on any atom is -1.00 e. The van der Waals surface area contributed by atoms with Crippen LogP contribution < -0.4 is 248 Å². The van der Waals surface area contributed by atoms with Crippen LogP contribution in [-0.4, -0.2) is 191 Å². The van der Waals surface area contributed by atoms with Crippen LogP contribution in [0.4, 0.5) is 0 Å². The zero-order chi connectivity index (χ0) is 107. The van der Waals surface area contributed by atoms with Crippen LogP contribution in [0.2, 0.25) is 0 Å². The number of carbonyl (C=O) groups excluding carboxylic acids is 1. The van der Waals surface area contributed by atoms with Gasteiger partial charge in [0.1, 0.15) is 55.0 Å². The number of nitrogens with zero attached hydrogens (tertiary/aromatic N) is 2. The second-order valence-electron chi connectivity index (χ2n) is 35.4. The number of ether oxygens (including phenoxy) is 7. The third kappa shape index (κ3) is 46.6. The number of aromatic carboxylic acids is 2. The summed E-state index contributed by atoms with van der Waals surface area (Å²) in [4.78, 5) is 55.0. The molecule has 0 aliphatic carbocycles. The molecule has 147 heavy (non-hydrogen) atoms. The Bertz CT molecular complexity index is 5530. The third-order valence-corrected chi connectivity index (χ3v) is 27.7. The first-order valence-electron chi connectivity index (χ1n) is 44.1. The number of hydrogen-bond donors (Lipinski definition) is 5. The van der Waals surface area contributed by atoms with Crippen LogP contribution >= 0.6 is 115 Å². The normalized spacial score (nSPS) is 16.0. The van der Waals surface area contributed by atoms with Gasteiger partial charge in [-0.15, -0.1) is 11.3 Å². The van der Waals surface area contributed by atoms with Crippen molar-refractivity contribution < 1.29 is 328 Å². The summed E-state index contributed by atoms with van der Waals surface area (Å²) in [5.41, 5.74) is 4.30. The van der Waals surface area contributed by atoms with E-state index in [1.54, 1.807) is 39.5 Å². The van der Waals surface area contributed by atoms with Crippen molar-refractivity contribution in [2.75, 3.05) is 42.2 Å². The third-order valence-electron chi connectivity index (χ3n) is 23.0. The molecule has 5 fully saturated rings. The zero-order valence-corrected chi connectivity index (χ0v) is 113. The minimum absolute atomic E-state index is 0. The maximum Gasteiger partial charge on any atom is 1.00 e. The molecule has 5 saturated heterocycles. The largest absolute Gasteiger partial charge is 1.00 e. The monoisotopic (exact) mass is 2710 g/mol. The van der Waals surface area contributed by atoms with Gasteiger partial charge in [0, 0.05) is 74.1 Å². The molecular weight excluding hydrogens is 2590 g/mol. The Morgan fingerprint density at radius 3 is 1.10 bits per heavy atom. The van der Waals surface area contributed by atoms with Crippen LogP contribution in [0.15, 0.2) is 205 Å². The number of carbonyl (C=O) groups is 5. The number of halogens is 7. The van der Waals surface area contributed by atoms with E-state index in [0.717, 1.165) is 97.9 Å². The number of aliphatic hydroxyl groups is 1. The molecule has 5 aliphatic heterocycles.